The molecule has 0 aromatic carbocycles. The molecule has 0 spiro atoms. The summed E-state index contributed by atoms with van der Waals surface area (Å²) in [6.07, 6.45) is 2.50. The fourth-order valence-electron chi connectivity index (χ4n) is 1.97. The lowest BCUT2D eigenvalue weighted by molar-refractivity contribution is 0.0595. The Kier molecular flexibility index (Phi) is 3.58. The van der Waals surface area contributed by atoms with Crippen LogP contribution in [0.3, 0.4) is 0 Å². The summed E-state index contributed by atoms with van der Waals surface area (Å²) in [6.45, 7) is 3.78. The lowest BCUT2D eigenvalue weighted by Crippen LogP contribution is -2.25. The first-order valence-electron chi connectivity index (χ1n) is 5.72. The quantitative estimate of drug-likeness (QED) is 0.729. The summed E-state index contributed by atoms with van der Waals surface area (Å²) < 4.78 is 6.11. The van der Waals surface area contributed by atoms with Gasteiger partial charge in [0, 0.05) is 6.54 Å². The first kappa shape index (κ1) is 11.8. The maximum Gasteiger partial charge on any atom is 0.362 e. The van der Waals surface area contributed by atoms with E-state index in [1.807, 2.05) is 0 Å². The van der Waals surface area contributed by atoms with E-state index >= 15 is 0 Å². The van der Waals surface area contributed by atoms with Crippen molar-refractivity contribution in [1.82, 2.24) is 19.9 Å². The normalized spacial score (nSPS) is 16.3. The van der Waals surface area contributed by atoms with Gasteiger partial charge in [-0.15, -0.1) is 5.10 Å². The molecule has 0 saturated carbocycles. The van der Waals surface area contributed by atoms with Gasteiger partial charge in [-0.25, -0.2) is 9.48 Å². The number of nitrogen functional groups attached to an aromatic ring is 1. The molecule has 7 heteroatoms. The second kappa shape index (κ2) is 5.13. The molecule has 1 saturated heterocycles. The van der Waals surface area contributed by atoms with Crippen molar-refractivity contribution < 1.29 is 9.53 Å². The number of esters is 1. The number of likely N-dealkylation sites (tertiary alicyclic amines) is 1. The Morgan fingerprint density at radius 2 is 2.12 bits per heavy atom. The molecule has 7 nitrogen and oxygen atoms in total. The van der Waals surface area contributed by atoms with Crippen molar-refractivity contribution in [3.63, 3.8) is 0 Å². The van der Waals surface area contributed by atoms with Crippen LogP contribution in [0.4, 0.5) is 5.82 Å². The number of anilines is 1. The van der Waals surface area contributed by atoms with E-state index in [0.717, 1.165) is 19.6 Å². The van der Waals surface area contributed by atoms with E-state index in [9.17, 15) is 4.79 Å². The highest BCUT2D eigenvalue weighted by molar-refractivity contribution is 5.91. The number of hydrogen-bond acceptors (Lipinski definition) is 6. The van der Waals surface area contributed by atoms with Crippen LogP contribution >= 0.6 is 0 Å². The minimum atomic E-state index is -0.546. The molecule has 0 aliphatic carbocycles. The van der Waals surface area contributed by atoms with E-state index in [-0.39, 0.29) is 11.5 Å². The van der Waals surface area contributed by atoms with Crippen molar-refractivity contribution in [2.45, 2.75) is 19.4 Å². The van der Waals surface area contributed by atoms with Crippen molar-refractivity contribution in [1.29, 1.82) is 0 Å². The van der Waals surface area contributed by atoms with Gasteiger partial charge in [0.15, 0.2) is 5.82 Å². The van der Waals surface area contributed by atoms with Gasteiger partial charge in [-0.1, -0.05) is 5.21 Å². The lowest BCUT2D eigenvalue weighted by Gasteiger charge is -2.14. The van der Waals surface area contributed by atoms with Gasteiger partial charge in [0.1, 0.15) is 0 Å². The monoisotopic (exact) mass is 239 g/mol. The van der Waals surface area contributed by atoms with Crippen molar-refractivity contribution in [2.75, 3.05) is 32.5 Å². The van der Waals surface area contributed by atoms with Crippen LogP contribution in [0.25, 0.3) is 0 Å². The van der Waals surface area contributed by atoms with Crippen LogP contribution in [0.1, 0.15) is 23.3 Å². The minimum Gasteiger partial charge on any atom is -0.464 e. The van der Waals surface area contributed by atoms with Gasteiger partial charge >= 0.3 is 5.97 Å². The Bertz CT molecular complexity index is 397. The predicted octanol–water partition coefficient (Wildman–Crippen LogP) is -0.257. The van der Waals surface area contributed by atoms with Crippen molar-refractivity contribution in [3.05, 3.63) is 5.69 Å². The van der Waals surface area contributed by atoms with E-state index in [1.54, 1.807) is 4.68 Å². The van der Waals surface area contributed by atoms with Gasteiger partial charge < -0.3 is 15.4 Å². The second-order valence-electron chi connectivity index (χ2n) is 4.09. The molecule has 2 heterocycles. The summed E-state index contributed by atoms with van der Waals surface area (Å²) in [5.41, 5.74) is 5.87. The highest BCUT2D eigenvalue weighted by Gasteiger charge is 2.18. The van der Waals surface area contributed by atoms with E-state index in [2.05, 4.69) is 19.9 Å². The summed E-state index contributed by atoms with van der Waals surface area (Å²) in [6, 6.07) is 0. The molecule has 2 rings (SSSR count). The van der Waals surface area contributed by atoms with Crippen LogP contribution in [0.2, 0.25) is 0 Å². The summed E-state index contributed by atoms with van der Waals surface area (Å²) in [4.78, 5) is 13.6. The predicted molar refractivity (Wildman–Crippen MR) is 61.4 cm³/mol. The topological polar surface area (TPSA) is 86.3 Å². The number of carbonyl (C=O) groups is 1. The van der Waals surface area contributed by atoms with Gasteiger partial charge in [0.05, 0.1) is 13.7 Å². The standard InChI is InChI=1S/C10H17N5O2/c1-17-10(16)8-9(11)15(13-12-8)7-6-14-4-2-3-5-14/h2-7,11H2,1H3. The minimum absolute atomic E-state index is 0.0916. The summed E-state index contributed by atoms with van der Waals surface area (Å²) in [7, 11) is 1.30. The van der Waals surface area contributed by atoms with Gasteiger partial charge in [-0.2, -0.15) is 0 Å². The Hall–Kier alpha value is -1.63. The van der Waals surface area contributed by atoms with Gasteiger partial charge in [0.25, 0.3) is 0 Å². The van der Waals surface area contributed by atoms with Crippen LogP contribution in [-0.2, 0) is 11.3 Å². The maximum atomic E-state index is 11.3. The number of methoxy groups -OCH3 is 1. The molecule has 1 aliphatic heterocycles. The first-order chi connectivity index (χ1) is 8.22. The smallest absolute Gasteiger partial charge is 0.362 e. The number of nitrogens with zero attached hydrogens (tertiary/aromatic N) is 4. The average molecular weight is 239 g/mol. The molecule has 0 bridgehead atoms. The number of hydrogen-bond donors (Lipinski definition) is 1. The van der Waals surface area contributed by atoms with E-state index < -0.39 is 5.97 Å². The van der Waals surface area contributed by atoms with Crippen LogP contribution in [-0.4, -0.2) is 52.6 Å². The summed E-state index contributed by atoms with van der Waals surface area (Å²) >= 11 is 0. The van der Waals surface area contributed by atoms with Gasteiger partial charge in [-0.3, -0.25) is 0 Å². The highest BCUT2D eigenvalue weighted by atomic mass is 16.5. The highest BCUT2D eigenvalue weighted by Crippen LogP contribution is 2.11. The molecule has 0 atom stereocenters. The third kappa shape index (κ3) is 2.55. The molecule has 17 heavy (non-hydrogen) atoms. The van der Waals surface area contributed by atoms with Crippen LogP contribution in [0.5, 0.6) is 0 Å². The van der Waals surface area contributed by atoms with Crippen LogP contribution in [0.15, 0.2) is 0 Å². The van der Waals surface area contributed by atoms with E-state index in [1.165, 1.54) is 20.0 Å². The van der Waals surface area contributed by atoms with Crippen LogP contribution in [0, 0.1) is 0 Å². The molecule has 0 radical (unpaired) electrons. The van der Waals surface area contributed by atoms with E-state index in [0.29, 0.717) is 6.54 Å². The molecular formula is C10H17N5O2. The average Bonchev–Trinajstić information content (AvgIpc) is 2.95. The molecule has 94 valence electrons. The number of aromatic nitrogens is 3. The lowest BCUT2D eigenvalue weighted by atomic mass is 10.4. The SMILES string of the molecule is COC(=O)c1nnn(CCN2CCCC2)c1N. The zero-order valence-electron chi connectivity index (χ0n) is 9.93. The molecule has 1 aromatic rings. The van der Waals surface area contributed by atoms with Crippen molar-refractivity contribution in [3.8, 4) is 0 Å². The van der Waals surface area contributed by atoms with Crippen LogP contribution < -0.4 is 5.73 Å². The summed E-state index contributed by atoms with van der Waals surface area (Å²) in [5, 5.41) is 7.59. The number of ether oxygens (including phenoxy) is 1. The zero-order chi connectivity index (χ0) is 12.3. The maximum absolute atomic E-state index is 11.3. The molecule has 1 fully saturated rings. The van der Waals surface area contributed by atoms with Crippen molar-refractivity contribution >= 4 is 11.8 Å². The fourth-order valence-corrected chi connectivity index (χ4v) is 1.97. The molecule has 2 N–H and O–H groups in total. The van der Waals surface area contributed by atoms with Gasteiger partial charge in [0.2, 0.25) is 5.69 Å². The van der Waals surface area contributed by atoms with Gasteiger partial charge in [-0.05, 0) is 25.9 Å². The Morgan fingerprint density at radius 3 is 2.76 bits per heavy atom. The van der Waals surface area contributed by atoms with Crippen molar-refractivity contribution in [2.24, 2.45) is 0 Å². The van der Waals surface area contributed by atoms with E-state index in [4.69, 9.17) is 5.73 Å². The Balaban J connectivity index is 1.96. The number of rotatable bonds is 4. The Morgan fingerprint density at radius 1 is 1.41 bits per heavy atom. The third-order valence-electron chi connectivity index (χ3n) is 2.98. The molecular weight excluding hydrogens is 222 g/mol. The largest absolute Gasteiger partial charge is 0.464 e. The first-order valence-corrected chi connectivity index (χ1v) is 5.72. The summed E-state index contributed by atoms with van der Waals surface area (Å²) in [5.74, 6) is -0.272. The second-order valence-corrected chi connectivity index (χ2v) is 4.09. The molecule has 1 aromatic heterocycles. The fraction of sp³-hybridized carbons (Fsp3) is 0.700. The molecule has 0 unspecified atom stereocenters. The zero-order valence-corrected chi connectivity index (χ0v) is 9.93. The number of nitrogens with two attached hydrogens (primary N) is 1. The number of carbonyl (C=O) groups excluding carboxylic acids is 1. The third-order valence-corrected chi connectivity index (χ3v) is 2.98. The molecule has 0 amide bonds. The molecule has 1 aliphatic rings. The Labute approximate surface area is 99.5 Å².